The molecule has 0 saturated heterocycles. The Morgan fingerprint density at radius 2 is 1.50 bits per heavy atom. The molecule has 0 aliphatic carbocycles. The van der Waals surface area contributed by atoms with Gasteiger partial charge in [0.25, 0.3) is 8.32 Å². The fourth-order valence-electron chi connectivity index (χ4n) is 4.65. The molecule has 0 fully saturated rings. The zero-order chi connectivity index (χ0) is 25.6. The van der Waals surface area contributed by atoms with Gasteiger partial charge in [0.2, 0.25) is 0 Å². The molecular weight excluding hydrogens is 460 g/mol. The molecule has 0 unspecified atom stereocenters. The quantitative estimate of drug-likeness (QED) is 0.254. The van der Waals surface area contributed by atoms with E-state index in [9.17, 15) is 0 Å². The third kappa shape index (κ3) is 5.43. The van der Waals surface area contributed by atoms with Crippen LogP contribution in [0.3, 0.4) is 0 Å². The first-order chi connectivity index (χ1) is 17.3. The van der Waals surface area contributed by atoms with Gasteiger partial charge in [0.05, 0.1) is 19.3 Å². The second-order valence-electron chi connectivity index (χ2n) is 10.0. The maximum atomic E-state index is 6.98. The van der Waals surface area contributed by atoms with Crippen molar-refractivity contribution in [2.45, 2.75) is 39.0 Å². The van der Waals surface area contributed by atoms with Crippen molar-refractivity contribution in [3.63, 3.8) is 0 Å². The Kier molecular flexibility index (Phi) is 7.73. The van der Waals surface area contributed by atoms with Crippen LogP contribution in [-0.2, 0) is 17.6 Å². The number of benzene rings is 3. The summed E-state index contributed by atoms with van der Waals surface area (Å²) in [6, 6.07) is 29.3. The summed E-state index contributed by atoms with van der Waals surface area (Å²) in [6.07, 6.45) is 7.46. The lowest BCUT2D eigenvalue weighted by Crippen LogP contribution is -2.66. The van der Waals surface area contributed by atoms with Gasteiger partial charge in [-0.25, -0.2) is 0 Å². The van der Waals surface area contributed by atoms with E-state index in [4.69, 9.17) is 10.8 Å². The maximum Gasteiger partial charge on any atom is 0.261 e. The molecule has 1 aromatic heterocycles. The van der Waals surface area contributed by atoms with E-state index in [1.54, 1.807) is 0 Å². The first-order valence-corrected chi connectivity index (χ1v) is 14.2. The van der Waals surface area contributed by atoms with Crippen LogP contribution in [0.4, 0.5) is 5.69 Å². The minimum Gasteiger partial charge on any atom is -0.401 e. The van der Waals surface area contributed by atoms with Crippen molar-refractivity contribution in [3.05, 3.63) is 102 Å². The molecule has 0 saturated carbocycles. The lowest BCUT2D eigenvalue weighted by Gasteiger charge is -2.42. The highest BCUT2D eigenvalue weighted by Crippen LogP contribution is 2.37. The Hall–Kier alpha value is -3.66. The first kappa shape index (κ1) is 25.4. The average Bonchev–Trinajstić information content (AvgIpc) is 3.36. The van der Waals surface area contributed by atoms with Crippen LogP contribution in [0.2, 0.25) is 5.04 Å². The van der Waals surface area contributed by atoms with Crippen LogP contribution in [0.5, 0.6) is 0 Å². The molecule has 184 valence electrons. The molecule has 0 bridgehead atoms. The van der Waals surface area contributed by atoms with Gasteiger partial charge in [-0.2, -0.15) is 0 Å². The zero-order valence-electron chi connectivity index (χ0n) is 21.6. The fourth-order valence-corrected chi connectivity index (χ4v) is 9.17. The van der Waals surface area contributed by atoms with Gasteiger partial charge in [0, 0.05) is 24.8 Å². The maximum absolute atomic E-state index is 6.98. The van der Waals surface area contributed by atoms with Crippen LogP contribution in [0.1, 0.15) is 32.0 Å². The lowest BCUT2D eigenvalue weighted by molar-refractivity contribution is 0.281. The molecule has 0 radical (unpaired) electrons. The van der Waals surface area contributed by atoms with Crippen LogP contribution in [0, 0.1) is 12.3 Å². The van der Waals surface area contributed by atoms with Crippen LogP contribution in [-0.4, -0.2) is 36.9 Å². The van der Waals surface area contributed by atoms with E-state index >= 15 is 0 Å². The molecule has 36 heavy (non-hydrogen) atoms. The van der Waals surface area contributed by atoms with Gasteiger partial charge in [-0.15, -0.1) is 11.5 Å². The highest BCUT2D eigenvalue weighted by Gasteiger charge is 2.50. The molecule has 4 rings (SSSR count). The topological polar surface area (TPSA) is 43.2 Å². The summed E-state index contributed by atoms with van der Waals surface area (Å²) in [5.41, 5.74) is 2.84. The summed E-state index contributed by atoms with van der Waals surface area (Å²) < 4.78 is 8.86. The molecule has 0 spiro atoms. The van der Waals surface area contributed by atoms with Crippen molar-refractivity contribution >= 4 is 24.4 Å². The fraction of sp³-hybridized carbons (Fsp3) is 0.267. The Morgan fingerprint density at radius 1 is 0.917 bits per heavy atom. The van der Waals surface area contributed by atoms with E-state index in [1.807, 2.05) is 35.1 Å². The van der Waals surface area contributed by atoms with Crippen molar-refractivity contribution in [1.82, 2.24) is 15.0 Å². The van der Waals surface area contributed by atoms with E-state index in [0.29, 0.717) is 6.61 Å². The molecule has 0 atom stereocenters. The number of anilines is 1. The Morgan fingerprint density at radius 3 is 2.03 bits per heavy atom. The summed E-state index contributed by atoms with van der Waals surface area (Å²) in [4.78, 5) is 2.18. The predicted octanol–water partition coefficient (Wildman–Crippen LogP) is 4.47. The molecule has 1 heterocycles. The highest BCUT2D eigenvalue weighted by atomic mass is 28.4. The van der Waals surface area contributed by atoms with Gasteiger partial charge in [-0.1, -0.05) is 92.6 Å². The number of aromatic nitrogens is 3. The van der Waals surface area contributed by atoms with Crippen LogP contribution in [0.25, 0.3) is 0 Å². The third-order valence-electron chi connectivity index (χ3n) is 6.58. The van der Waals surface area contributed by atoms with Crippen molar-refractivity contribution in [2.24, 2.45) is 0 Å². The highest BCUT2D eigenvalue weighted by molar-refractivity contribution is 6.99. The molecule has 0 amide bonds. The predicted molar refractivity (Wildman–Crippen MR) is 150 cm³/mol. The first-order valence-electron chi connectivity index (χ1n) is 12.3. The second kappa shape index (κ2) is 10.9. The molecule has 4 aromatic rings. The largest absolute Gasteiger partial charge is 0.401 e. The van der Waals surface area contributed by atoms with Gasteiger partial charge >= 0.3 is 0 Å². The van der Waals surface area contributed by atoms with Crippen LogP contribution < -0.4 is 15.3 Å². The van der Waals surface area contributed by atoms with E-state index in [-0.39, 0.29) is 5.04 Å². The Labute approximate surface area is 215 Å². The monoisotopic (exact) mass is 494 g/mol. The zero-order valence-corrected chi connectivity index (χ0v) is 22.6. The Balaban J connectivity index is 1.50. The summed E-state index contributed by atoms with van der Waals surface area (Å²) in [5, 5.41) is 11.2. The number of hydrogen-bond acceptors (Lipinski definition) is 4. The molecule has 0 aliphatic rings. The molecule has 6 heteroatoms. The van der Waals surface area contributed by atoms with Gasteiger partial charge in [0.1, 0.15) is 5.69 Å². The third-order valence-corrected chi connectivity index (χ3v) is 11.6. The Bertz CT molecular complexity index is 1250. The number of likely N-dealkylation sites (N-methyl/N-ethyl adjacent to an activating group) is 1. The smallest absolute Gasteiger partial charge is 0.261 e. The van der Waals surface area contributed by atoms with E-state index in [0.717, 1.165) is 30.0 Å². The van der Waals surface area contributed by atoms with E-state index < -0.39 is 8.32 Å². The van der Waals surface area contributed by atoms with Crippen molar-refractivity contribution in [2.75, 3.05) is 18.5 Å². The van der Waals surface area contributed by atoms with Crippen molar-refractivity contribution in [3.8, 4) is 12.3 Å². The lowest BCUT2D eigenvalue weighted by atomic mass is 10.2. The number of rotatable bonds is 9. The molecule has 5 nitrogen and oxygen atoms in total. The normalized spacial score (nSPS) is 11.8. The number of nitrogens with zero attached hydrogens (tertiary/aromatic N) is 4. The summed E-state index contributed by atoms with van der Waals surface area (Å²) in [6.45, 7) is 8.77. The van der Waals surface area contributed by atoms with Crippen LogP contribution in [0.15, 0.2) is 91.1 Å². The number of hydrogen-bond donors (Lipinski definition) is 0. The number of terminal acetylenes is 1. The molecule has 0 aliphatic heterocycles. The van der Waals surface area contributed by atoms with Crippen LogP contribution >= 0.6 is 0 Å². The standard InChI is InChI=1S/C30H34N4OSi/c1-6-25-17-19-27(20-18-25)33(5)21-22-34-23-26(31-32-34)24-35-36(30(2,3)4,28-13-9-7-10-14-28)29-15-11-8-12-16-29/h1,7-20,23H,21-22,24H2,2-5H3. The summed E-state index contributed by atoms with van der Waals surface area (Å²) >= 11 is 0. The molecular formula is C30H34N4OSi. The minimum absolute atomic E-state index is 0.0800. The van der Waals surface area contributed by atoms with Gasteiger partial charge in [0.15, 0.2) is 0 Å². The second-order valence-corrected chi connectivity index (χ2v) is 14.3. The van der Waals surface area contributed by atoms with Gasteiger partial charge in [-0.3, -0.25) is 4.68 Å². The van der Waals surface area contributed by atoms with Gasteiger partial charge < -0.3 is 9.33 Å². The SMILES string of the molecule is C#Cc1ccc(N(C)CCn2cc(CO[Si](c3ccccc3)(c3ccccc3)C(C)(C)C)nn2)cc1. The van der Waals surface area contributed by atoms with Crippen molar-refractivity contribution in [1.29, 1.82) is 0 Å². The summed E-state index contributed by atoms with van der Waals surface area (Å²) in [7, 11) is -0.546. The summed E-state index contributed by atoms with van der Waals surface area (Å²) in [5.74, 6) is 2.66. The molecule has 3 aromatic carbocycles. The van der Waals surface area contributed by atoms with Crippen molar-refractivity contribution < 1.29 is 4.43 Å². The van der Waals surface area contributed by atoms with E-state index in [1.165, 1.54) is 10.4 Å². The molecule has 0 N–H and O–H groups in total. The van der Waals surface area contributed by atoms with Gasteiger partial charge in [-0.05, 0) is 39.7 Å². The minimum atomic E-state index is -2.61. The average molecular weight is 495 g/mol. The van der Waals surface area contributed by atoms with E-state index in [2.05, 4.69) is 110 Å².